The molecule has 1 aliphatic rings. The van der Waals surface area contributed by atoms with E-state index in [-0.39, 0.29) is 17.3 Å². The fourth-order valence-corrected chi connectivity index (χ4v) is 7.03. The maximum Gasteiger partial charge on any atom is 0.260 e. The summed E-state index contributed by atoms with van der Waals surface area (Å²) in [6.07, 6.45) is 7.24. The van der Waals surface area contributed by atoms with Gasteiger partial charge in [-0.25, -0.2) is 13.4 Å². The van der Waals surface area contributed by atoms with E-state index in [0.29, 0.717) is 30.4 Å². The van der Waals surface area contributed by atoms with Crippen molar-refractivity contribution in [3.63, 3.8) is 0 Å². The number of benzene rings is 2. The molecule has 4 aromatic rings. The molecule has 8 nitrogen and oxygen atoms in total. The summed E-state index contributed by atoms with van der Waals surface area (Å²) in [6.45, 7) is 3.83. The summed E-state index contributed by atoms with van der Waals surface area (Å²) in [6, 6.07) is 15.6. The summed E-state index contributed by atoms with van der Waals surface area (Å²) in [5.74, 6) is 0.484. The first-order valence-corrected chi connectivity index (χ1v) is 15.1. The number of carbonyl (C=O) groups is 1. The Labute approximate surface area is 227 Å². The highest BCUT2D eigenvalue weighted by Gasteiger charge is 2.27. The first-order valence-electron chi connectivity index (χ1n) is 12.8. The van der Waals surface area contributed by atoms with Crippen molar-refractivity contribution in [3.8, 4) is 5.75 Å². The smallest absolute Gasteiger partial charge is 0.260 e. The second kappa shape index (κ2) is 11.6. The lowest BCUT2D eigenvalue weighted by molar-refractivity contribution is 0.0985. The molecule has 0 saturated carbocycles. The van der Waals surface area contributed by atoms with Crippen LogP contribution in [0.4, 0.5) is 5.13 Å². The second-order valence-electron chi connectivity index (χ2n) is 9.15. The number of amides is 1. The van der Waals surface area contributed by atoms with E-state index < -0.39 is 10.0 Å². The summed E-state index contributed by atoms with van der Waals surface area (Å²) in [7, 11) is -3.60. The van der Waals surface area contributed by atoms with E-state index in [2.05, 4.69) is 4.98 Å². The number of pyridine rings is 1. The number of nitrogens with zero attached hydrogens (tertiary/aromatic N) is 4. The van der Waals surface area contributed by atoms with Gasteiger partial charge in [0.1, 0.15) is 5.75 Å². The number of thiazole rings is 1. The van der Waals surface area contributed by atoms with Crippen LogP contribution < -0.4 is 9.64 Å². The number of hydrogen-bond donors (Lipinski definition) is 0. The molecule has 38 heavy (non-hydrogen) atoms. The van der Waals surface area contributed by atoms with Gasteiger partial charge in [-0.05, 0) is 73.9 Å². The highest BCUT2D eigenvalue weighted by Crippen LogP contribution is 2.33. The molecule has 0 N–H and O–H groups in total. The zero-order valence-corrected chi connectivity index (χ0v) is 22.9. The molecule has 5 rings (SSSR count). The van der Waals surface area contributed by atoms with Gasteiger partial charge in [0.15, 0.2) is 5.13 Å². The predicted molar refractivity (Wildman–Crippen MR) is 149 cm³/mol. The third kappa shape index (κ3) is 5.72. The minimum Gasteiger partial charge on any atom is -0.494 e. The van der Waals surface area contributed by atoms with Crippen LogP contribution in [0.5, 0.6) is 5.75 Å². The first kappa shape index (κ1) is 26.3. The molecule has 1 aliphatic heterocycles. The Morgan fingerprint density at radius 2 is 1.82 bits per heavy atom. The molecule has 1 fully saturated rings. The highest BCUT2D eigenvalue weighted by molar-refractivity contribution is 7.89. The van der Waals surface area contributed by atoms with Crippen LogP contribution in [-0.2, 0) is 16.6 Å². The number of carbonyl (C=O) groups excluding carboxylic acids is 1. The summed E-state index contributed by atoms with van der Waals surface area (Å²) in [4.78, 5) is 24.5. The molecule has 0 aliphatic carbocycles. The van der Waals surface area contributed by atoms with E-state index in [1.54, 1.807) is 33.7 Å². The average molecular weight is 551 g/mol. The summed E-state index contributed by atoms with van der Waals surface area (Å²) < 4.78 is 34.5. The van der Waals surface area contributed by atoms with Crippen molar-refractivity contribution in [2.45, 2.75) is 44.0 Å². The summed E-state index contributed by atoms with van der Waals surface area (Å²) in [5.41, 5.74) is 2.02. The van der Waals surface area contributed by atoms with Gasteiger partial charge in [-0.15, -0.1) is 0 Å². The second-order valence-corrected chi connectivity index (χ2v) is 12.1. The van der Waals surface area contributed by atoms with Crippen molar-refractivity contribution >= 4 is 42.6 Å². The quantitative estimate of drug-likeness (QED) is 0.288. The van der Waals surface area contributed by atoms with Crippen LogP contribution in [0.3, 0.4) is 0 Å². The molecule has 0 atom stereocenters. The molecule has 0 unspecified atom stereocenters. The molecular formula is C28H30N4O4S2. The molecule has 0 spiro atoms. The number of ether oxygens (including phenoxy) is 1. The number of hydrogen-bond acceptors (Lipinski definition) is 7. The Morgan fingerprint density at radius 3 is 2.50 bits per heavy atom. The van der Waals surface area contributed by atoms with Crippen molar-refractivity contribution in [3.05, 3.63) is 78.1 Å². The maximum absolute atomic E-state index is 13.8. The lowest BCUT2D eigenvalue weighted by Gasteiger charge is -2.21. The maximum atomic E-state index is 13.8. The standard InChI is InChI=1S/C28H30N4O4S2/c1-2-36-23-11-14-25-26(18-23)37-28(30-25)32(20-21-8-7-15-29-19-21)27(33)22-9-12-24(13-10-22)38(34,35)31-16-5-3-4-6-17-31/h7-15,18-19H,2-6,16-17,20H2,1H3. The van der Waals surface area contributed by atoms with E-state index in [4.69, 9.17) is 9.72 Å². The van der Waals surface area contributed by atoms with Gasteiger partial charge >= 0.3 is 0 Å². The van der Waals surface area contributed by atoms with Gasteiger partial charge < -0.3 is 4.74 Å². The van der Waals surface area contributed by atoms with Gasteiger partial charge in [0.25, 0.3) is 5.91 Å². The van der Waals surface area contributed by atoms with Crippen molar-refractivity contribution < 1.29 is 17.9 Å². The highest BCUT2D eigenvalue weighted by atomic mass is 32.2. The zero-order chi connectivity index (χ0) is 26.5. The fraction of sp³-hybridized carbons (Fsp3) is 0.321. The minimum atomic E-state index is -3.60. The monoisotopic (exact) mass is 550 g/mol. The molecule has 198 valence electrons. The molecule has 0 radical (unpaired) electrons. The van der Waals surface area contributed by atoms with E-state index >= 15 is 0 Å². The number of anilines is 1. The topological polar surface area (TPSA) is 92.7 Å². The van der Waals surface area contributed by atoms with Crippen molar-refractivity contribution in [1.29, 1.82) is 0 Å². The largest absolute Gasteiger partial charge is 0.494 e. The Bertz CT molecular complexity index is 1500. The van der Waals surface area contributed by atoms with E-state index in [1.165, 1.54) is 23.5 Å². The molecule has 2 aromatic heterocycles. The van der Waals surface area contributed by atoms with Gasteiger partial charge in [0, 0.05) is 31.0 Å². The van der Waals surface area contributed by atoms with E-state index in [1.807, 2.05) is 37.3 Å². The van der Waals surface area contributed by atoms with Crippen molar-refractivity contribution in [1.82, 2.24) is 14.3 Å². The van der Waals surface area contributed by atoms with Crippen LogP contribution in [-0.4, -0.2) is 48.3 Å². The van der Waals surface area contributed by atoms with E-state index in [9.17, 15) is 13.2 Å². The summed E-state index contributed by atoms with van der Waals surface area (Å²) >= 11 is 1.41. The molecule has 10 heteroatoms. The van der Waals surface area contributed by atoms with Crippen LogP contribution in [0.1, 0.15) is 48.5 Å². The SMILES string of the molecule is CCOc1ccc2nc(N(Cc3cccnc3)C(=O)c3ccc(S(=O)(=O)N4CCCCCC4)cc3)sc2c1. The Hall–Kier alpha value is -3.34. The normalized spacial score (nSPS) is 14.8. The molecule has 2 aromatic carbocycles. The molecule has 0 bridgehead atoms. The molecule has 1 amide bonds. The van der Waals surface area contributed by atoms with Gasteiger partial charge in [-0.1, -0.05) is 30.2 Å². The number of aromatic nitrogens is 2. The third-order valence-corrected chi connectivity index (χ3v) is 9.46. The van der Waals surface area contributed by atoms with Gasteiger partial charge in [0.2, 0.25) is 10.0 Å². The van der Waals surface area contributed by atoms with Crippen molar-refractivity contribution in [2.75, 3.05) is 24.6 Å². The van der Waals surface area contributed by atoms with Crippen LogP contribution >= 0.6 is 11.3 Å². The van der Waals surface area contributed by atoms with Gasteiger partial charge in [-0.2, -0.15) is 4.31 Å². The predicted octanol–water partition coefficient (Wildman–Crippen LogP) is 5.50. The van der Waals surface area contributed by atoms with Crippen LogP contribution in [0.25, 0.3) is 10.2 Å². The summed E-state index contributed by atoms with van der Waals surface area (Å²) in [5, 5.41) is 0.545. The zero-order valence-electron chi connectivity index (χ0n) is 21.2. The van der Waals surface area contributed by atoms with Gasteiger partial charge in [-0.3, -0.25) is 14.7 Å². The minimum absolute atomic E-state index is 0.207. The number of rotatable bonds is 8. The third-order valence-electron chi connectivity index (χ3n) is 6.50. The fourth-order valence-electron chi connectivity index (χ4n) is 4.52. The first-order chi connectivity index (χ1) is 18.5. The average Bonchev–Trinajstić information content (AvgIpc) is 3.15. The van der Waals surface area contributed by atoms with Gasteiger partial charge in [0.05, 0.1) is 28.3 Å². The number of fused-ring (bicyclic) bond motifs is 1. The van der Waals surface area contributed by atoms with Crippen LogP contribution in [0, 0.1) is 0 Å². The number of sulfonamides is 1. The molecule has 1 saturated heterocycles. The lowest BCUT2D eigenvalue weighted by Crippen LogP contribution is -2.32. The molecular weight excluding hydrogens is 520 g/mol. The van der Waals surface area contributed by atoms with E-state index in [0.717, 1.165) is 47.2 Å². The van der Waals surface area contributed by atoms with Crippen molar-refractivity contribution in [2.24, 2.45) is 0 Å². The van der Waals surface area contributed by atoms with Crippen LogP contribution in [0.15, 0.2) is 71.9 Å². The lowest BCUT2D eigenvalue weighted by atomic mass is 10.2. The molecule has 3 heterocycles. The Morgan fingerprint density at radius 1 is 1.05 bits per heavy atom. The Balaban J connectivity index is 1.45. The van der Waals surface area contributed by atoms with Crippen LogP contribution in [0.2, 0.25) is 0 Å². The Kier molecular flexibility index (Phi) is 8.01.